The quantitative estimate of drug-likeness (QED) is 0.810. The molecule has 114 valence electrons. The van der Waals surface area contributed by atoms with Crippen molar-refractivity contribution in [2.24, 2.45) is 0 Å². The third-order valence-electron chi connectivity index (χ3n) is 3.13. The summed E-state index contributed by atoms with van der Waals surface area (Å²) in [6, 6.07) is 9.23. The zero-order chi connectivity index (χ0) is 15.1. The van der Waals surface area contributed by atoms with E-state index in [1.54, 1.807) is 19.6 Å². The van der Waals surface area contributed by atoms with Gasteiger partial charge in [-0.2, -0.15) is 0 Å². The fraction of sp³-hybridized carbons (Fsp3) is 0.333. The highest BCUT2D eigenvalue weighted by molar-refractivity contribution is 7.89. The molecule has 2 aromatic rings. The van der Waals surface area contributed by atoms with Crippen LogP contribution in [0.2, 0.25) is 0 Å². The molecule has 1 heterocycles. The van der Waals surface area contributed by atoms with Crippen molar-refractivity contribution in [2.45, 2.75) is 12.8 Å². The smallest absolute Gasteiger partial charge is 0.211 e. The third kappa shape index (κ3) is 5.24. The Bertz CT molecular complexity index is 633. The number of rotatable bonds is 8. The third-order valence-corrected chi connectivity index (χ3v) is 4.52. The summed E-state index contributed by atoms with van der Waals surface area (Å²) in [6.07, 6.45) is 4.29. The van der Waals surface area contributed by atoms with Gasteiger partial charge in [0.1, 0.15) is 5.75 Å². The Morgan fingerprint density at radius 3 is 2.48 bits per heavy atom. The molecule has 5 nitrogen and oxygen atoms in total. The summed E-state index contributed by atoms with van der Waals surface area (Å²) in [5.74, 6) is 0.838. The molecule has 6 heteroatoms. The van der Waals surface area contributed by atoms with Gasteiger partial charge < -0.3 is 9.15 Å². The Balaban J connectivity index is 1.77. The van der Waals surface area contributed by atoms with Gasteiger partial charge in [-0.3, -0.25) is 0 Å². The van der Waals surface area contributed by atoms with Crippen LogP contribution >= 0.6 is 0 Å². The molecule has 0 saturated carbocycles. The lowest BCUT2D eigenvalue weighted by atomic mass is 10.2. The number of nitrogens with one attached hydrogen (secondary N) is 1. The summed E-state index contributed by atoms with van der Waals surface area (Å²) in [5.41, 5.74) is 1.95. The molecule has 0 unspecified atom stereocenters. The van der Waals surface area contributed by atoms with Crippen LogP contribution in [0.25, 0.3) is 0 Å². The highest BCUT2D eigenvalue weighted by atomic mass is 32.2. The monoisotopic (exact) mass is 309 g/mol. The average molecular weight is 309 g/mol. The van der Waals surface area contributed by atoms with E-state index in [9.17, 15) is 8.42 Å². The minimum Gasteiger partial charge on any atom is -0.497 e. The predicted molar refractivity (Wildman–Crippen MR) is 80.9 cm³/mol. The first kappa shape index (κ1) is 15.6. The number of ether oxygens (including phenoxy) is 1. The van der Waals surface area contributed by atoms with Gasteiger partial charge in [-0.1, -0.05) is 12.1 Å². The summed E-state index contributed by atoms with van der Waals surface area (Å²) in [5, 5.41) is 0. The Kier molecular flexibility index (Phi) is 5.41. The highest BCUT2D eigenvalue weighted by Crippen LogP contribution is 2.12. The first-order valence-corrected chi connectivity index (χ1v) is 8.35. The maximum Gasteiger partial charge on any atom is 0.211 e. The summed E-state index contributed by atoms with van der Waals surface area (Å²) in [7, 11) is -1.66. The second-order valence-corrected chi connectivity index (χ2v) is 6.62. The molecule has 1 aromatic carbocycles. The Labute approximate surface area is 125 Å². The van der Waals surface area contributed by atoms with E-state index < -0.39 is 10.0 Å². The van der Waals surface area contributed by atoms with Crippen LogP contribution in [-0.4, -0.2) is 27.8 Å². The molecule has 2 rings (SSSR count). The van der Waals surface area contributed by atoms with Crippen LogP contribution in [0.5, 0.6) is 5.75 Å². The van der Waals surface area contributed by atoms with Crippen molar-refractivity contribution in [3.63, 3.8) is 0 Å². The minimum absolute atomic E-state index is 0.0741. The molecule has 0 aliphatic rings. The van der Waals surface area contributed by atoms with E-state index in [1.807, 2.05) is 30.3 Å². The van der Waals surface area contributed by atoms with Gasteiger partial charge >= 0.3 is 0 Å². The Hall–Kier alpha value is -1.79. The van der Waals surface area contributed by atoms with Crippen LogP contribution in [0.15, 0.2) is 47.3 Å². The molecule has 0 spiro atoms. The molecule has 0 fully saturated rings. The normalized spacial score (nSPS) is 11.5. The number of methoxy groups -OCH3 is 1. The number of benzene rings is 1. The number of sulfonamides is 1. The van der Waals surface area contributed by atoms with Gasteiger partial charge in [0.15, 0.2) is 0 Å². The molecule has 0 radical (unpaired) electrons. The van der Waals surface area contributed by atoms with Gasteiger partial charge in [0.2, 0.25) is 10.0 Å². The number of hydrogen-bond donors (Lipinski definition) is 1. The van der Waals surface area contributed by atoms with Crippen LogP contribution in [0.3, 0.4) is 0 Å². The van der Waals surface area contributed by atoms with Gasteiger partial charge in [-0.05, 0) is 42.2 Å². The van der Waals surface area contributed by atoms with Gasteiger partial charge in [-0.15, -0.1) is 0 Å². The molecule has 21 heavy (non-hydrogen) atoms. The van der Waals surface area contributed by atoms with Crippen molar-refractivity contribution in [3.8, 4) is 5.75 Å². The molecule has 0 aliphatic carbocycles. The maximum absolute atomic E-state index is 11.9. The standard InChI is InChI=1S/C15H19NO4S/c1-19-15-4-2-13(3-5-15)8-11-21(17,18)16-9-6-14-7-10-20-12-14/h2-5,7,10,12,16H,6,8-9,11H2,1H3. The molecular weight excluding hydrogens is 290 g/mol. The largest absolute Gasteiger partial charge is 0.497 e. The molecular formula is C15H19NO4S. The van der Waals surface area contributed by atoms with E-state index in [2.05, 4.69) is 4.72 Å². The van der Waals surface area contributed by atoms with Crippen molar-refractivity contribution in [1.29, 1.82) is 0 Å². The van der Waals surface area contributed by atoms with Crippen LogP contribution in [0.4, 0.5) is 0 Å². The van der Waals surface area contributed by atoms with Crippen molar-refractivity contribution < 1.29 is 17.6 Å². The van der Waals surface area contributed by atoms with Gasteiger partial charge in [0, 0.05) is 6.54 Å². The first-order chi connectivity index (χ1) is 10.1. The SMILES string of the molecule is COc1ccc(CCS(=O)(=O)NCCc2ccoc2)cc1. The number of furan rings is 1. The van der Waals surface area contributed by atoms with E-state index in [0.29, 0.717) is 19.4 Å². The molecule has 1 aromatic heterocycles. The Morgan fingerprint density at radius 2 is 1.86 bits per heavy atom. The van der Waals surface area contributed by atoms with E-state index in [4.69, 9.17) is 9.15 Å². The predicted octanol–water partition coefficient (Wildman–Crippen LogP) is 1.99. The maximum atomic E-state index is 11.9. The lowest BCUT2D eigenvalue weighted by Gasteiger charge is -2.07. The number of aryl methyl sites for hydroxylation is 1. The van der Waals surface area contributed by atoms with Crippen LogP contribution in [0.1, 0.15) is 11.1 Å². The van der Waals surface area contributed by atoms with Crippen LogP contribution in [-0.2, 0) is 22.9 Å². The van der Waals surface area contributed by atoms with E-state index in [1.165, 1.54) is 0 Å². The molecule has 1 N–H and O–H groups in total. The van der Waals surface area contributed by atoms with Crippen molar-refractivity contribution in [3.05, 3.63) is 54.0 Å². The summed E-state index contributed by atoms with van der Waals surface area (Å²) in [6.45, 7) is 0.379. The van der Waals surface area contributed by atoms with E-state index in [-0.39, 0.29) is 5.75 Å². The molecule has 0 atom stereocenters. The molecule has 0 saturated heterocycles. The first-order valence-electron chi connectivity index (χ1n) is 6.70. The number of hydrogen-bond acceptors (Lipinski definition) is 4. The Morgan fingerprint density at radius 1 is 1.10 bits per heavy atom. The minimum atomic E-state index is -3.26. The fourth-order valence-corrected chi connectivity index (χ4v) is 2.96. The van der Waals surface area contributed by atoms with Crippen LogP contribution < -0.4 is 9.46 Å². The molecule has 0 bridgehead atoms. The zero-order valence-corrected chi connectivity index (χ0v) is 12.7. The van der Waals surface area contributed by atoms with E-state index >= 15 is 0 Å². The lowest BCUT2D eigenvalue weighted by molar-refractivity contribution is 0.414. The van der Waals surface area contributed by atoms with E-state index in [0.717, 1.165) is 16.9 Å². The van der Waals surface area contributed by atoms with Crippen LogP contribution in [0, 0.1) is 0 Å². The van der Waals surface area contributed by atoms with Gasteiger partial charge in [0.05, 0.1) is 25.4 Å². The zero-order valence-electron chi connectivity index (χ0n) is 11.9. The average Bonchev–Trinajstić information content (AvgIpc) is 2.99. The lowest BCUT2D eigenvalue weighted by Crippen LogP contribution is -2.29. The molecule has 0 amide bonds. The summed E-state index contributed by atoms with van der Waals surface area (Å²) in [4.78, 5) is 0. The summed E-state index contributed by atoms with van der Waals surface area (Å²) >= 11 is 0. The van der Waals surface area contributed by atoms with Gasteiger partial charge in [-0.25, -0.2) is 13.1 Å². The highest BCUT2D eigenvalue weighted by Gasteiger charge is 2.10. The topological polar surface area (TPSA) is 68.5 Å². The fourth-order valence-electron chi connectivity index (χ4n) is 1.90. The molecule has 0 aliphatic heterocycles. The van der Waals surface area contributed by atoms with Gasteiger partial charge in [0.25, 0.3) is 0 Å². The van der Waals surface area contributed by atoms with Crippen molar-refractivity contribution in [1.82, 2.24) is 4.72 Å². The van der Waals surface area contributed by atoms with Crippen molar-refractivity contribution in [2.75, 3.05) is 19.4 Å². The van der Waals surface area contributed by atoms with Crippen molar-refractivity contribution >= 4 is 10.0 Å². The summed E-state index contributed by atoms with van der Waals surface area (Å²) < 4.78 is 36.4. The second-order valence-electron chi connectivity index (χ2n) is 4.69. The second kappa shape index (κ2) is 7.28.